The molecule has 21 heavy (non-hydrogen) atoms. The van der Waals surface area contributed by atoms with Crippen LogP contribution >= 0.6 is 23.2 Å². The number of hydrogen-bond donors (Lipinski definition) is 1. The summed E-state index contributed by atoms with van der Waals surface area (Å²) in [5, 5.41) is 0.462. The number of rotatable bonds is 5. The van der Waals surface area contributed by atoms with Crippen LogP contribution in [0.25, 0.3) is 0 Å². The van der Waals surface area contributed by atoms with Crippen LogP contribution in [0.3, 0.4) is 0 Å². The van der Waals surface area contributed by atoms with E-state index in [-0.39, 0.29) is 22.3 Å². The SMILES string of the molecule is Nc1ccc(OCCS(=O)(=O)c2cc(Cl)ccc2Cl)cc1. The van der Waals surface area contributed by atoms with Crippen LogP contribution in [-0.2, 0) is 9.84 Å². The molecule has 0 aliphatic heterocycles. The lowest BCUT2D eigenvalue weighted by Crippen LogP contribution is -2.14. The van der Waals surface area contributed by atoms with E-state index in [9.17, 15) is 8.42 Å². The van der Waals surface area contributed by atoms with E-state index in [2.05, 4.69) is 0 Å². The van der Waals surface area contributed by atoms with E-state index in [1.54, 1.807) is 24.3 Å². The van der Waals surface area contributed by atoms with Gasteiger partial charge in [0.1, 0.15) is 12.4 Å². The molecule has 0 heterocycles. The molecule has 2 N–H and O–H groups in total. The number of halogens is 2. The fourth-order valence-corrected chi connectivity index (χ4v) is 3.56. The van der Waals surface area contributed by atoms with Crippen molar-refractivity contribution in [1.82, 2.24) is 0 Å². The van der Waals surface area contributed by atoms with Gasteiger partial charge in [0.2, 0.25) is 0 Å². The van der Waals surface area contributed by atoms with Crippen molar-refractivity contribution in [2.45, 2.75) is 4.90 Å². The van der Waals surface area contributed by atoms with Gasteiger partial charge in [-0.05, 0) is 42.5 Å². The van der Waals surface area contributed by atoms with Crippen LogP contribution in [-0.4, -0.2) is 20.8 Å². The summed E-state index contributed by atoms with van der Waals surface area (Å²) in [7, 11) is -3.56. The maximum atomic E-state index is 12.2. The minimum Gasteiger partial charge on any atom is -0.493 e. The van der Waals surface area contributed by atoms with Crippen LogP contribution in [0.4, 0.5) is 5.69 Å². The van der Waals surface area contributed by atoms with E-state index in [1.807, 2.05) is 0 Å². The maximum absolute atomic E-state index is 12.2. The Morgan fingerprint density at radius 1 is 1.05 bits per heavy atom. The summed E-state index contributed by atoms with van der Waals surface area (Å²) >= 11 is 11.7. The zero-order valence-electron chi connectivity index (χ0n) is 10.9. The molecule has 0 aliphatic rings. The maximum Gasteiger partial charge on any atom is 0.183 e. The van der Waals surface area contributed by atoms with Gasteiger partial charge in [-0.15, -0.1) is 0 Å². The number of ether oxygens (including phenoxy) is 1. The molecule has 0 aromatic heterocycles. The molecular formula is C14H13Cl2NO3S. The number of nitrogens with two attached hydrogens (primary N) is 1. The predicted molar refractivity (Wildman–Crippen MR) is 84.9 cm³/mol. The molecular weight excluding hydrogens is 333 g/mol. The van der Waals surface area contributed by atoms with E-state index >= 15 is 0 Å². The fraction of sp³-hybridized carbons (Fsp3) is 0.143. The molecule has 4 nitrogen and oxygen atoms in total. The van der Waals surface area contributed by atoms with Crippen molar-refractivity contribution in [3.8, 4) is 5.75 Å². The Bertz CT molecular complexity index is 730. The average molecular weight is 346 g/mol. The molecule has 0 unspecified atom stereocenters. The Labute approximate surface area is 133 Å². The second kappa shape index (κ2) is 6.56. The Morgan fingerprint density at radius 2 is 1.71 bits per heavy atom. The molecule has 0 amide bonds. The number of nitrogen functional groups attached to an aromatic ring is 1. The summed E-state index contributed by atoms with van der Waals surface area (Å²) in [6.45, 7) is 0.00902. The highest BCUT2D eigenvalue weighted by Gasteiger charge is 2.18. The van der Waals surface area contributed by atoms with Gasteiger partial charge in [-0.25, -0.2) is 8.42 Å². The van der Waals surface area contributed by atoms with Gasteiger partial charge < -0.3 is 10.5 Å². The standard InChI is InChI=1S/C14H13Cl2NO3S/c15-10-1-6-13(16)14(9-10)21(18,19)8-7-20-12-4-2-11(17)3-5-12/h1-6,9H,7-8,17H2. The van der Waals surface area contributed by atoms with E-state index in [0.717, 1.165) is 0 Å². The smallest absolute Gasteiger partial charge is 0.183 e. The molecule has 0 aliphatic carbocycles. The fourth-order valence-electron chi connectivity index (χ4n) is 1.66. The van der Waals surface area contributed by atoms with Gasteiger partial charge in [0, 0.05) is 10.7 Å². The van der Waals surface area contributed by atoms with Gasteiger partial charge in [0.15, 0.2) is 9.84 Å². The average Bonchev–Trinajstić information content (AvgIpc) is 2.43. The van der Waals surface area contributed by atoms with Crippen molar-refractivity contribution in [1.29, 1.82) is 0 Å². The van der Waals surface area contributed by atoms with Crippen molar-refractivity contribution >= 4 is 38.7 Å². The Hall–Kier alpha value is -1.43. The second-order valence-corrected chi connectivity index (χ2v) is 7.23. The molecule has 0 radical (unpaired) electrons. The highest BCUT2D eigenvalue weighted by atomic mass is 35.5. The lowest BCUT2D eigenvalue weighted by molar-refractivity contribution is 0.341. The molecule has 0 spiro atoms. The quantitative estimate of drug-likeness (QED) is 0.842. The summed E-state index contributed by atoms with van der Waals surface area (Å²) in [5.74, 6) is 0.355. The number of sulfone groups is 1. The topological polar surface area (TPSA) is 69.4 Å². The molecule has 0 bridgehead atoms. The third-order valence-corrected chi connectivity index (χ3v) is 5.12. The van der Waals surface area contributed by atoms with Crippen LogP contribution in [0.2, 0.25) is 10.0 Å². The first kappa shape index (κ1) is 15.9. The second-order valence-electron chi connectivity index (χ2n) is 4.31. The van der Waals surface area contributed by atoms with Crippen LogP contribution in [0, 0.1) is 0 Å². The van der Waals surface area contributed by atoms with Crippen molar-refractivity contribution in [3.05, 3.63) is 52.5 Å². The van der Waals surface area contributed by atoms with Crippen molar-refractivity contribution < 1.29 is 13.2 Å². The number of benzene rings is 2. The van der Waals surface area contributed by atoms with Gasteiger partial charge in [0.25, 0.3) is 0 Å². The van der Waals surface area contributed by atoms with Gasteiger partial charge in [-0.2, -0.15) is 0 Å². The zero-order chi connectivity index (χ0) is 15.5. The molecule has 0 atom stereocenters. The summed E-state index contributed by atoms with van der Waals surface area (Å²) in [6.07, 6.45) is 0. The highest BCUT2D eigenvalue weighted by Crippen LogP contribution is 2.26. The van der Waals surface area contributed by atoms with Crippen LogP contribution in [0.1, 0.15) is 0 Å². The lowest BCUT2D eigenvalue weighted by Gasteiger charge is -2.09. The Balaban J connectivity index is 2.04. The lowest BCUT2D eigenvalue weighted by atomic mass is 10.3. The van der Waals surface area contributed by atoms with Gasteiger partial charge >= 0.3 is 0 Å². The van der Waals surface area contributed by atoms with Gasteiger partial charge in [-0.1, -0.05) is 23.2 Å². The highest BCUT2D eigenvalue weighted by molar-refractivity contribution is 7.91. The van der Waals surface area contributed by atoms with Crippen LogP contribution in [0.5, 0.6) is 5.75 Å². The first-order valence-corrected chi connectivity index (χ1v) is 8.45. The zero-order valence-corrected chi connectivity index (χ0v) is 13.3. The molecule has 112 valence electrons. The third-order valence-electron chi connectivity index (χ3n) is 2.73. The largest absolute Gasteiger partial charge is 0.493 e. The Kier molecular flexibility index (Phi) is 4.98. The summed E-state index contributed by atoms with van der Waals surface area (Å²) in [6, 6.07) is 11.0. The Morgan fingerprint density at radius 3 is 2.38 bits per heavy atom. The van der Waals surface area contributed by atoms with E-state index in [4.69, 9.17) is 33.7 Å². The first-order valence-electron chi connectivity index (χ1n) is 6.04. The normalized spacial score (nSPS) is 11.3. The molecule has 0 saturated heterocycles. The van der Waals surface area contributed by atoms with E-state index < -0.39 is 9.84 Å². The van der Waals surface area contributed by atoms with Crippen LogP contribution < -0.4 is 10.5 Å². The summed E-state index contributed by atoms with van der Waals surface area (Å²) in [5.41, 5.74) is 6.16. The first-order chi connectivity index (χ1) is 9.88. The molecule has 2 rings (SSSR count). The molecule has 2 aromatic rings. The molecule has 2 aromatic carbocycles. The number of hydrogen-bond acceptors (Lipinski definition) is 4. The minimum absolute atomic E-state index is 0.00902. The summed E-state index contributed by atoms with van der Waals surface area (Å²) < 4.78 is 29.8. The molecule has 0 fully saturated rings. The van der Waals surface area contributed by atoms with Gasteiger partial charge in [0.05, 0.1) is 15.7 Å². The van der Waals surface area contributed by atoms with Gasteiger partial charge in [-0.3, -0.25) is 0 Å². The van der Waals surface area contributed by atoms with E-state index in [0.29, 0.717) is 16.5 Å². The van der Waals surface area contributed by atoms with Crippen molar-refractivity contribution in [2.75, 3.05) is 18.1 Å². The van der Waals surface area contributed by atoms with E-state index in [1.165, 1.54) is 18.2 Å². The minimum atomic E-state index is -3.56. The predicted octanol–water partition coefficient (Wildman–Crippen LogP) is 3.43. The van der Waals surface area contributed by atoms with Crippen molar-refractivity contribution in [3.63, 3.8) is 0 Å². The van der Waals surface area contributed by atoms with Crippen LogP contribution in [0.15, 0.2) is 47.4 Å². The number of anilines is 1. The summed E-state index contributed by atoms with van der Waals surface area (Å²) in [4.78, 5) is 0.0116. The molecule has 0 saturated carbocycles. The third kappa shape index (κ3) is 4.27. The molecule has 7 heteroatoms. The van der Waals surface area contributed by atoms with Crippen molar-refractivity contribution in [2.24, 2.45) is 0 Å². The monoisotopic (exact) mass is 345 g/mol.